The maximum Gasteiger partial charge on any atom is 0.188 e. The van der Waals surface area contributed by atoms with Crippen LogP contribution in [0.25, 0.3) is 21.9 Å². The second-order valence-corrected chi connectivity index (χ2v) is 3.75. The smallest absolute Gasteiger partial charge is 0.188 e. The minimum Gasteiger partial charge on any atom is -0.619 e. The molecule has 0 N–H and O–H groups in total. The Morgan fingerprint density at radius 3 is 2.59 bits per heavy atom. The molecule has 0 aliphatic rings. The molecule has 0 amide bonds. The van der Waals surface area contributed by atoms with E-state index in [1.54, 1.807) is 24.8 Å². The third-order valence-electron chi connectivity index (χ3n) is 2.65. The fourth-order valence-electron chi connectivity index (χ4n) is 1.89. The standard InChI is InChI=1S/C13H9N3O/c17-16-7-10-3-1-2-4-12(10)13(8-16)11-5-14-9-15-6-11/h1-9H. The molecular formula is C13H9N3O. The summed E-state index contributed by atoms with van der Waals surface area (Å²) < 4.78 is 0.810. The van der Waals surface area contributed by atoms with Crippen molar-refractivity contribution in [3.05, 3.63) is 60.6 Å². The lowest BCUT2D eigenvalue weighted by Crippen LogP contribution is -2.24. The molecule has 2 aromatic heterocycles. The first-order valence-electron chi connectivity index (χ1n) is 5.21. The minimum absolute atomic E-state index is 0.810. The van der Waals surface area contributed by atoms with Crippen molar-refractivity contribution in [1.82, 2.24) is 9.97 Å². The van der Waals surface area contributed by atoms with E-state index in [9.17, 15) is 5.21 Å². The molecule has 0 saturated heterocycles. The molecule has 0 saturated carbocycles. The Bertz CT molecular complexity index is 668. The first-order valence-corrected chi connectivity index (χ1v) is 5.21. The highest BCUT2D eigenvalue weighted by Gasteiger charge is 2.08. The van der Waals surface area contributed by atoms with Crippen LogP contribution in [0.2, 0.25) is 0 Å². The topological polar surface area (TPSA) is 52.7 Å². The van der Waals surface area contributed by atoms with Gasteiger partial charge in [-0.2, -0.15) is 4.73 Å². The molecule has 2 heterocycles. The summed E-state index contributed by atoms with van der Waals surface area (Å²) in [5, 5.41) is 13.5. The van der Waals surface area contributed by atoms with Crippen molar-refractivity contribution in [2.75, 3.05) is 0 Å². The summed E-state index contributed by atoms with van der Waals surface area (Å²) in [4.78, 5) is 7.95. The van der Waals surface area contributed by atoms with Crippen LogP contribution in [0.15, 0.2) is 55.4 Å². The van der Waals surface area contributed by atoms with Crippen molar-refractivity contribution in [1.29, 1.82) is 0 Å². The van der Waals surface area contributed by atoms with E-state index in [2.05, 4.69) is 9.97 Å². The summed E-state index contributed by atoms with van der Waals surface area (Å²) >= 11 is 0. The van der Waals surface area contributed by atoms with Crippen molar-refractivity contribution in [3.8, 4) is 11.1 Å². The van der Waals surface area contributed by atoms with Gasteiger partial charge in [-0.15, -0.1) is 0 Å². The highest BCUT2D eigenvalue weighted by molar-refractivity contribution is 5.94. The van der Waals surface area contributed by atoms with Crippen molar-refractivity contribution in [2.45, 2.75) is 0 Å². The van der Waals surface area contributed by atoms with Crippen LogP contribution in [0.3, 0.4) is 0 Å². The van der Waals surface area contributed by atoms with Gasteiger partial charge in [0.2, 0.25) is 0 Å². The van der Waals surface area contributed by atoms with E-state index in [1.165, 1.54) is 6.33 Å². The monoisotopic (exact) mass is 223 g/mol. The van der Waals surface area contributed by atoms with E-state index in [-0.39, 0.29) is 0 Å². The summed E-state index contributed by atoms with van der Waals surface area (Å²) in [5.41, 5.74) is 1.69. The van der Waals surface area contributed by atoms with Gasteiger partial charge in [-0.25, -0.2) is 9.97 Å². The van der Waals surface area contributed by atoms with Crippen LogP contribution in [0.5, 0.6) is 0 Å². The molecule has 0 atom stereocenters. The molecule has 0 spiro atoms. The van der Waals surface area contributed by atoms with E-state index in [0.29, 0.717) is 0 Å². The number of rotatable bonds is 1. The average Bonchev–Trinajstić information content (AvgIpc) is 2.39. The largest absolute Gasteiger partial charge is 0.619 e. The summed E-state index contributed by atoms with van der Waals surface area (Å²) in [5.74, 6) is 0. The minimum atomic E-state index is 0.810. The highest BCUT2D eigenvalue weighted by Crippen LogP contribution is 2.25. The van der Waals surface area contributed by atoms with Gasteiger partial charge in [0.05, 0.1) is 5.56 Å². The molecule has 0 aliphatic heterocycles. The molecular weight excluding hydrogens is 214 g/mol. The van der Waals surface area contributed by atoms with Gasteiger partial charge >= 0.3 is 0 Å². The number of hydrogen-bond donors (Lipinski definition) is 0. The van der Waals surface area contributed by atoms with Crippen molar-refractivity contribution in [3.63, 3.8) is 0 Å². The quantitative estimate of drug-likeness (QED) is 0.468. The number of nitrogens with zero attached hydrogens (tertiary/aromatic N) is 3. The molecule has 82 valence electrons. The Morgan fingerprint density at radius 2 is 1.76 bits per heavy atom. The fraction of sp³-hybridized carbons (Fsp3) is 0. The molecule has 0 unspecified atom stereocenters. The number of benzene rings is 1. The Labute approximate surface area is 97.8 Å². The molecule has 1 aromatic carbocycles. The summed E-state index contributed by atoms with van der Waals surface area (Å²) in [6.45, 7) is 0. The predicted octanol–water partition coefficient (Wildman–Crippen LogP) is 1.93. The van der Waals surface area contributed by atoms with E-state index >= 15 is 0 Å². The Morgan fingerprint density at radius 1 is 1.00 bits per heavy atom. The van der Waals surface area contributed by atoms with Crippen molar-refractivity contribution in [2.24, 2.45) is 0 Å². The van der Waals surface area contributed by atoms with E-state index < -0.39 is 0 Å². The van der Waals surface area contributed by atoms with Gasteiger partial charge in [0.25, 0.3) is 0 Å². The summed E-state index contributed by atoms with van der Waals surface area (Å²) in [6.07, 6.45) is 7.98. The van der Waals surface area contributed by atoms with Crippen LogP contribution in [0.1, 0.15) is 0 Å². The number of aromatic nitrogens is 3. The van der Waals surface area contributed by atoms with Gasteiger partial charge in [-0.05, 0) is 6.07 Å². The van der Waals surface area contributed by atoms with Crippen LogP contribution in [-0.4, -0.2) is 9.97 Å². The van der Waals surface area contributed by atoms with E-state index in [1.807, 2.05) is 24.3 Å². The number of hydrogen-bond acceptors (Lipinski definition) is 3. The molecule has 0 aliphatic carbocycles. The molecule has 0 radical (unpaired) electrons. The second kappa shape index (κ2) is 3.83. The zero-order valence-electron chi connectivity index (χ0n) is 8.95. The fourth-order valence-corrected chi connectivity index (χ4v) is 1.89. The van der Waals surface area contributed by atoms with Crippen LogP contribution >= 0.6 is 0 Å². The maximum absolute atomic E-state index is 11.6. The van der Waals surface area contributed by atoms with Gasteiger partial charge in [-0.3, -0.25) is 0 Å². The molecule has 17 heavy (non-hydrogen) atoms. The van der Waals surface area contributed by atoms with Gasteiger partial charge in [0.15, 0.2) is 12.4 Å². The zero-order valence-corrected chi connectivity index (χ0v) is 8.95. The van der Waals surface area contributed by atoms with Gasteiger partial charge < -0.3 is 5.21 Å². The SMILES string of the molecule is [O-][n+]1cc(-c2cncnc2)c2ccccc2c1. The van der Waals surface area contributed by atoms with Crippen LogP contribution in [0, 0.1) is 5.21 Å². The third kappa shape index (κ3) is 1.69. The summed E-state index contributed by atoms with van der Waals surface area (Å²) in [7, 11) is 0. The van der Waals surface area contributed by atoms with Crippen molar-refractivity contribution < 1.29 is 4.73 Å². The first kappa shape index (κ1) is 9.72. The first-order chi connectivity index (χ1) is 8.34. The third-order valence-corrected chi connectivity index (χ3v) is 2.65. The molecule has 3 rings (SSSR count). The molecule has 4 heteroatoms. The van der Waals surface area contributed by atoms with Crippen LogP contribution in [-0.2, 0) is 0 Å². The normalized spacial score (nSPS) is 10.6. The van der Waals surface area contributed by atoms with Crippen molar-refractivity contribution >= 4 is 10.8 Å². The van der Waals surface area contributed by atoms with Gasteiger partial charge in [-0.1, -0.05) is 18.2 Å². The molecule has 4 nitrogen and oxygen atoms in total. The Hall–Kier alpha value is -2.49. The zero-order chi connectivity index (χ0) is 11.7. The number of pyridine rings is 1. The lowest BCUT2D eigenvalue weighted by molar-refractivity contribution is -0.603. The predicted molar refractivity (Wildman–Crippen MR) is 63.9 cm³/mol. The van der Waals surface area contributed by atoms with E-state index in [4.69, 9.17) is 0 Å². The lowest BCUT2D eigenvalue weighted by Gasteiger charge is -2.05. The molecule has 0 fully saturated rings. The van der Waals surface area contributed by atoms with Gasteiger partial charge in [0.1, 0.15) is 6.33 Å². The number of fused-ring (bicyclic) bond motifs is 1. The average molecular weight is 223 g/mol. The van der Waals surface area contributed by atoms with Crippen LogP contribution < -0.4 is 4.73 Å². The second-order valence-electron chi connectivity index (χ2n) is 3.75. The lowest BCUT2D eigenvalue weighted by atomic mass is 10.0. The van der Waals surface area contributed by atoms with Gasteiger partial charge in [0, 0.05) is 28.7 Å². The Kier molecular flexibility index (Phi) is 2.19. The highest BCUT2D eigenvalue weighted by atomic mass is 16.5. The summed E-state index contributed by atoms with van der Waals surface area (Å²) in [6, 6.07) is 7.76. The molecule has 3 aromatic rings. The van der Waals surface area contributed by atoms with Crippen LogP contribution in [0.4, 0.5) is 0 Å². The molecule has 0 bridgehead atoms. The Balaban J connectivity index is 2.36. The maximum atomic E-state index is 11.6. The van der Waals surface area contributed by atoms with E-state index in [0.717, 1.165) is 26.6 Å².